The van der Waals surface area contributed by atoms with Gasteiger partial charge in [0.2, 0.25) is 0 Å². The lowest BCUT2D eigenvalue weighted by Crippen LogP contribution is -2.22. The van der Waals surface area contributed by atoms with Gasteiger partial charge in [-0.25, -0.2) is 4.98 Å². The highest BCUT2D eigenvalue weighted by Gasteiger charge is 2.08. The van der Waals surface area contributed by atoms with Crippen molar-refractivity contribution < 1.29 is 4.79 Å². The molecule has 0 saturated heterocycles. The second kappa shape index (κ2) is 7.49. The number of benzene rings is 4. The van der Waals surface area contributed by atoms with E-state index in [4.69, 9.17) is 4.98 Å². The summed E-state index contributed by atoms with van der Waals surface area (Å²) in [6, 6.07) is 30.2. The number of amides is 1. The van der Waals surface area contributed by atoms with E-state index in [-0.39, 0.29) is 5.91 Å². The van der Waals surface area contributed by atoms with Gasteiger partial charge < -0.3 is 5.32 Å². The smallest absolute Gasteiger partial charge is 0.251 e. The Balaban J connectivity index is 1.28. The first-order valence-electron chi connectivity index (χ1n) is 9.48. The predicted molar refractivity (Wildman–Crippen MR) is 120 cm³/mol. The van der Waals surface area contributed by atoms with Gasteiger partial charge in [-0.05, 0) is 40.6 Å². The number of carbonyl (C=O) groups excluding carboxylic acids is 1. The van der Waals surface area contributed by atoms with Crippen molar-refractivity contribution >= 4 is 38.2 Å². The number of fused-ring (bicyclic) bond motifs is 2. The number of rotatable bonds is 4. The Bertz CT molecular complexity index is 1290. The molecule has 3 nitrogen and oxygen atoms in total. The van der Waals surface area contributed by atoms with E-state index in [0.717, 1.165) is 32.4 Å². The SMILES string of the molecule is O=C(NCc1ccc(-c2nc3ccccc3s2)cc1)c1ccc2ccccc2c1. The van der Waals surface area contributed by atoms with Crippen LogP contribution in [0.1, 0.15) is 15.9 Å². The highest BCUT2D eigenvalue weighted by molar-refractivity contribution is 7.21. The Labute approximate surface area is 172 Å². The van der Waals surface area contributed by atoms with Crippen LogP contribution in [0.3, 0.4) is 0 Å². The molecule has 1 heterocycles. The molecule has 0 unspecified atom stereocenters. The summed E-state index contributed by atoms with van der Waals surface area (Å²) >= 11 is 1.69. The molecule has 4 aromatic carbocycles. The third kappa shape index (κ3) is 3.62. The maximum absolute atomic E-state index is 12.5. The van der Waals surface area contributed by atoms with Crippen LogP contribution in [-0.2, 0) is 6.54 Å². The van der Waals surface area contributed by atoms with Crippen molar-refractivity contribution in [1.29, 1.82) is 0 Å². The minimum absolute atomic E-state index is 0.0639. The average Bonchev–Trinajstić information content (AvgIpc) is 3.22. The van der Waals surface area contributed by atoms with Crippen LogP contribution in [0.25, 0.3) is 31.6 Å². The van der Waals surface area contributed by atoms with Crippen LogP contribution < -0.4 is 5.32 Å². The quantitative estimate of drug-likeness (QED) is 0.403. The molecule has 5 rings (SSSR count). The molecule has 29 heavy (non-hydrogen) atoms. The number of nitrogens with one attached hydrogen (secondary N) is 1. The predicted octanol–water partition coefficient (Wildman–Crippen LogP) is 6.05. The van der Waals surface area contributed by atoms with Gasteiger partial charge in [0, 0.05) is 17.7 Å². The molecule has 0 aliphatic rings. The highest BCUT2D eigenvalue weighted by Crippen LogP contribution is 2.30. The Morgan fingerprint density at radius 1 is 0.828 bits per heavy atom. The van der Waals surface area contributed by atoms with Gasteiger partial charge >= 0.3 is 0 Å². The molecule has 0 bridgehead atoms. The first-order valence-corrected chi connectivity index (χ1v) is 10.3. The molecule has 0 radical (unpaired) electrons. The van der Waals surface area contributed by atoms with E-state index in [2.05, 4.69) is 23.5 Å². The Kier molecular flexibility index (Phi) is 4.54. The maximum atomic E-state index is 12.5. The summed E-state index contributed by atoms with van der Waals surface area (Å²) in [5.41, 5.74) is 3.86. The summed E-state index contributed by atoms with van der Waals surface area (Å²) in [4.78, 5) is 17.2. The second-order valence-electron chi connectivity index (χ2n) is 6.93. The number of aromatic nitrogens is 1. The van der Waals surface area contributed by atoms with Crippen molar-refractivity contribution in [3.63, 3.8) is 0 Å². The summed E-state index contributed by atoms with van der Waals surface area (Å²) in [7, 11) is 0. The number of nitrogens with zero attached hydrogens (tertiary/aromatic N) is 1. The van der Waals surface area contributed by atoms with E-state index in [9.17, 15) is 4.79 Å². The van der Waals surface area contributed by atoms with Crippen LogP contribution in [0.2, 0.25) is 0 Å². The van der Waals surface area contributed by atoms with Crippen molar-refractivity contribution in [3.05, 3.63) is 102 Å². The summed E-state index contributed by atoms with van der Waals surface area (Å²) < 4.78 is 1.19. The summed E-state index contributed by atoms with van der Waals surface area (Å²) in [6.45, 7) is 0.492. The third-order valence-corrected chi connectivity index (χ3v) is 6.04. The van der Waals surface area contributed by atoms with Crippen molar-refractivity contribution in [2.24, 2.45) is 0 Å². The van der Waals surface area contributed by atoms with E-state index in [1.54, 1.807) is 11.3 Å². The van der Waals surface area contributed by atoms with Crippen molar-refractivity contribution in [1.82, 2.24) is 10.3 Å². The second-order valence-corrected chi connectivity index (χ2v) is 7.96. The fraction of sp³-hybridized carbons (Fsp3) is 0.0400. The lowest BCUT2D eigenvalue weighted by atomic mass is 10.1. The van der Waals surface area contributed by atoms with Gasteiger partial charge in [-0.15, -0.1) is 11.3 Å². The number of carbonyl (C=O) groups is 1. The van der Waals surface area contributed by atoms with Gasteiger partial charge in [-0.2, -0.15) is 0 Å². The van der Waals surface area contributed by atoms with Crippen LogP contribution >= 0.6 is 11.3 Å². The highest BCUT2D eigenvalue weighted by atomic mass is 32.1. The standard InChI is InChI=1S/C25H18N2OS/c28-24(21-14-13-18-5-1-2-6-20(18)15-21)26-16-17-9-11-19(12-10-17)25-27-22-7-3-4-8-23(22)29-25/h1-15H,16H2,(H,26,28). The molecule has 1 aromatic heterocycles. The molecule has 0 aliphatic carbocycles. The fourth-order valence-corrected chi connectivity index (χ4v) is 4.35. The molecule has 0 fully saturated rings. The number of thiazole rings is 1. The number of hydrogen-bond acceptors (Lipinski definition) is 3. The van der Waals surface area contributed by atoms with Gasteiger partial charge in [-0.3, -0.25) is 4.79 Å². The molecule has 1 N–H and O–H groups in total. The van der Waals surface area contributed by atoms with Crippen LogP contribution in [-0.4, -0.2) is 10.9 Å². The Hall–Kier alpha value is -3.50. The van der Waals surface area contributed by atoms with Gasteiger partial charge in [0.1, 0.15) is 5.01 Å². The molecule has 0 aliphatic heterocycles. The van der Waals surface area contributed by atoms with E-state index in [1.807, 2.05) is 72.8 Å². The molecular weight excluding hydrogens is 376 g/mol. The molecule has 4 heteroatoms. The van der Waals surface area contributed by atoms with Crippen LogP contribution in [0.4, 0.5) is 0 Å². The van der Waals surface area contributed by atoms with Gasteiger partial charge in [0.15, 0.2) is 0 Å². The van der Waals surface area contributed by atoms with Crippen molar-refractivity contribution in [2.75, 3.05) is 0 Å². The zero-order valence-corrected chi connectivity index (χ0v) is 16.4. The molecular formula is C25H18N2OS. The maximum Gasteiger partial charge on any atom is 0.251 e. The minimum Gasteiger partial charge on any atom is -0.348 e. The van der Waals surface area contributed by atoms with Gasteiger partial charge in [0.25, 0.3) is 5.91 Å². The van der Waals surface area contributed by atoms with E-state index in [1.165, 1.54) is 4.70 Å². The number of hydrogen-bond donors (Lipinski definition) is 1. The third-order valence-electron chi connectivity index (χ3n) is 4.96. The van der Waals surface area contributed by atoms with Crippen LogP contribution in [0.15, 0.2) is 91.0 Å². The fourth-order valence-electron chi connectivity index (χ4n) is 3.38. The first-order chi connectivity index (χ1) is 14.3. The first kappa shape index (κ1) is 17.6. The van der Waals surface area contributed by atoms with Gasteiger partial charge in [-0.1, -0.05) is 66.7 Å². The Morgan fingerprint density at radius 3 is 2.41 bits per heavy atom. The molecule has 140 valence electrons. The van der Waals surface area contributed by atoms with Crippen LogP contribution in [0.5, 0.6) is 0 Å². The summed E-state index contributed by atoms with van der Waals surface area (Å²) in [5, 5.41) is 6.22. The van der Waals surface area contributed by atoms with Crippen molar-refractivity contribution in [2.45, 2.75) is 6.54 Å². The molecule has 0 spiro atoms. The lowest BCUT2D eigenvalue weighted by Gasteiger charge is -2.07. The molecule has 1 amide bonds. The zero-order valence-electron chi connectivity index (χ0n) is 15.6. The number of para-hydroxylation sites is 1. The van der Waals surface area contributed by atoms with E-state index >= 15 is 0 Å². The largest absolute Gasteiger partial charge is 0.348 e. The minimum atomic E-state index is -0.0639. The average molecular weight is 394 g/mol. The van der Waals surface area contributed by atoms with Gasteiger partial charge in [0.05, 0.1) is 10.2 Å². The monoisotopic (exact) mass is 394 g/mol. The van der Waals surface area contributed by atoms with E-state index < -0.39 is 0 Å². The molecule has 5 aromatic rings. The van der Waals surface area contributed by atoms with Crippen molar-refractivity contribution in [3.8, 4) is 10.6 Å². The normalized spacial score (nSPS) is 11.0. The van der Waals surface area contributed by atoms with E-state index in [0.29, 0.717) is 12.1 Å². The topological polar surface area (TPSA) is 42.0 Å². The Morgan fingerprint density at radius 2 is 1.59 bits per heavy atom. The lowest BCUT2D eigenvalue weighted by molar-refractivity contribution is 0.0951. The van der Waals surface area contributed by atoms with Crippen LogP contribution in [0, 0.1) is 0 Å². The molecule has 0 saturated carbocycles. The summed E-state index contributed by atoms with van der Waals surface area (Å²) in [6.07, 6.45) is 0. The summed E-state index contributed by atoms with van der Waals surface area (Å²) in [5.74, 6) is -0.0639. The zero-order chi connectivity index (χ0) is 19.6. The molecule has 0 atom stereocenters.